The molecule has 36 heavy (non-hydrogen) atoms. The number of carbonyl (C=O) groups excluding carboxylic acids is 3. The van der Waals surface area contributed by atoms with Gasteiger partial charge < -0.3 is 32.5 Å². The van der Waals surface area contributed by atoms with Crippen LogP contribution >= 0.6 is 11.8 Å². The van der Waals surface area contributed by atoms with E-state index in [1.54, 1.807) is 25.6 Å². The zero-order chi connectivity index (χ0) is 27.1. The molecule has 0 aliphatic carbocycles. The first-order valence-electron chi connectivity index (χ1n) is 12.2. The van der Waals surface area contributed by atoms with Gasteiger partial charge in [-0.1, -0.05) is 44.2 Å². The number of benzene rings is 1. The highest BCUT2D eigenvalue weighted by Crippen LogP contribution is 2.09. The Labute approximate surface area is 217 Å². The summed E-state index contributed by atoms with van der Waals surface area (Å²) in [6.07, 6.45) is 4.06. The number of hydrogen-bond acceptors (Lipinski definition) is 7. The maximum Gasteiger partial charge on any atom is 0.326 e. The number of unbranched alkanes of at least 4 members (excludes halogenated alkanes) is 1. The minimum Gasteiger partial charge on any atom is -0.480 e. The Balaban J connectivity index is 3.08. The predicted octanol–water partition coefficient (Wildman–Crippen LogP) is 0.634. The Morgan fingerprint density at radius 3 is 2.08 bits per heavy atom. The van der Waals surface area contributed by atoms with Crippen LogP contribution in [0.4, 0.5) is 0 Å². The average molecular weight is 524 g/mol. The van der Waals surface area contributed by atoms with E-state index >= 15 is 0 Å². The van der Waals surface area contributed by atoms with Crippen LogP contribution < -0.4 is 27.4 Å². The smallest absolute Gasteiger partial charge is 0.326 e. The van der Waals surface area contributed by atoms with Gasteiger partial charge in [-0.25, -0.2) is 4.79 Å². The normalized spacial score (nSPS) is 14.4. The molecule has 3 amide bonds. The SMILES string of the molecule is CSCCC(N)C(=O)NC(Cc1ccccc1)C(=O)NC(CCCCN)C(=O)NC(C(=O)O)C(C)C. The van der Waals surface area contributed by atoms with Crippen molar-refractivity contribution in [2.45, 2.75) is 70.1 Å². The number of carboxylic acid groups (broad SMARTS) is 1. The number of rotatable bonds is 17. The van der Waals surface area contributed by atoms with E-state index < -0.39 is 47.9 Å². The Kier molecular flexibility index (Phi) is 14.8. The van der Waals surface area contributed by atoms with Crippen molar-refractivity contribution >= 4 is 35.5 Å². The topological polar surface area (TPSA) is 177 Å². The van der Waals surface area contributed by atoms with Crippen LogP contribution in [-0.2, 0) is 25.6 Å². The number of nitrogens with two attached hydrogens (primary N) is 2. The molecule has 0 bridgehead atoms. The lowest BCUT2D eigenvalue weighted by molar-refractivity contribution is -0.143. The third kappa shape index (κ3) is 11.4. The molecule has 0 aromatic heterocycles. The summed E-state index contributed by atoms with van der Waals surface area (Å²) in [4.78, 5) is 50.6. The van der Waals surface area contributed by atoms with Crippen LogP contribution in [0.25, 0.3) is 0 Å². The summed E-state index contributed by atoms with van der Waals surface area (Å²) in [5.41, 5.74) is 12.4. The average Bonchev–Trinajstić information content (AvgIpc) is 2.84. The molecular weight excluding hydrogens is 482 g/mol. The second kappa shape index (κ2) is 16.9. The van der Waals surface area contributed by atoms with Gasteiger partial charge >= 0.3 is 5.97 Å². The Hall–Kier alpha value is -2.63. The van der Waals surface area contributed by atoms with E-state index in [4.69, 9.17) is 11.5 Å². The van der Waals surface area contributed by atoms with Gasteiger partial charge in [0.2, 0.25) is 17.7 Å². The molecule has 202 valence electrons. The van der Waals surface area contributed by atoms with Gasteiger partial charge in [-0.15, -0.1) is 0 Å². The van der Waals surface area contributed by atoms with Crippen LogP contribution in [-0.4, -0.2) is 71.5 Å². The van der Waals surface area contributed by atoms with Crippen molar-refractivity contribution in [1.29, 1.82) is 0 Å². The molecule has 4 atom stereocenters. The van der Waals surface area contributed by atoms with Gasteiger partial charge in [0, 0.05) is 6.42 Å². The van der Waals surface area contributed by atoms with Gasteiger partial charge in [0.15, 0.2) is 0 Å². The number of carboxylic acids is 1. The van der Waals surface area contributed by atoms with Crippen molar-refractivity contribution in [2.24, 2.45) is 17.4 Å². The van der Waals surface area contributed by atoms with Gasteiger partial charge in [0.05, 0.1) is 6.04 Å². The standard InChI is InChI=1S/C25H41N5O5S/c1-16(2)21(25(34)35)30-23(32)19(11-7-8-13-26)28-24(33)20(15-17-9-5-4-6-10-17)29-22(31)18(27)12-14-36-3/h4-6,9-10,16,18-21H,7-8,11-15,26-27H2,1-3H3,(H,28,33)(H,29,31)(H,30,32)(H,34,35). The van der Waals surface area contributed by atoms with Gasteiger partial charge in [-0.3, -0.25) is 14.4 Å². The lowest BCUT2D eigenvalue weighted by Crippen LogP contribution is -2.58. The Bertz CT molecular complexity index is 839. The molecule has 0 heterocycles. The van der Waals surface area contributed by atoms with E-state index in [-0.39, 0.29) is 18.8 Å². The molecule has 0 saturated heterocycles. The molecule has 0 saturated carbocycles. The third-order valence-electron chi connectivity index (χ3n) is 5.70. The quantitative estimate of drug-likeness (QED) is 0.161. The first-order valence-corrected chi connectivity index (χ1v) is 13.6. The molecule has 0 radical (unpaired) electrons. The maximum absolute atomic E-state index is 13.3. The van der Waals surface area contributed by atoms with Crippen LogP contribution in [0.1, 0.15) is 45.1 Å². The lowest BCUT2D eigenvalue weighted by Gasteiger charge is -2.26. The minimum absolute atomic E-state index is 0.203. The zero-order valence-electron chi connectivity index (χ0n) is 21.4. The molecule has 1 aromatic rings. The lowest BCUT2D eigenvalue weighted by atomic mass is 10.0. The molecule has 0 aliphatic rings. The van der Waals surface area contributed by atoms with Gasteiger partial charge in [-0.05, 0) is 55.7 Å². The van der Waals surface area contributed by atoms with E-state index in [9.17, 15) is 24.3 Å². The number of carbonyl (C=O) groups is 4. The van der Waals surface area contributed by atoms with Crippen LogP contribution in [0.15, 0.2) is 30.3 Å². The summed E-state index contributed by atoms with van der Waals surface area (Å²) in [5.74, 6) is -2.39. The van der Waals surface area contributed by atoms with E-state index in [1.807, 2.05) is 36.6 Å². The Morgan fingerprint density at radius 1 is 0.917 bits per heavy atom. The molecule has 0 aliphatic heterocycles. The second-order valence-electron chi connectivity index (χ2n) is 9.05. The first kappa shape index (κ1) is 31.4. The largest absolute Gasteiger partial charge is 0.480 e. The highest BCUT2D eigenvalue weighted by atomic mass is 32.2. The molecule has 1 rings (SSSR count). The van der Waals surface area contributed by atoms with Gasteiger partial charge in [0.1, 0.15) is 18.1 Å². The van der Waals surface area contributed by atoms with Gasteiger partial charge in [-0.2, -0.15) is 11.8 Å². The summed E-state index contributed by atoms with van der Waals surface area (Å²) in [6, 6.07) is 5.37. The van der Waals surface area contributed by atoms with Crippen molar-refractivity contribution in [1.82, 2.24) is 16.0 Å². The van der Waals surface area contributed by atoms with Crippen molar-refractivity contribution in [3.8, 4) is 0 Å². The highest BCUT2D eigenvalue weighted by molar-refractivity contribution is 7.98. The van der Waals surface area contributed by atoms with Crippen molar-refractivity contribution in [3.63, 3.8) is 0 Å². The van der Waals surface area contributed by atoms with Crippen molar-refractivity contribution in [2.75, 3.05) is 18.6 Å². The van der Waals surface area contributed by atoms with Crippen LogP contribution in [0, 0.1) is 5.92 Å². The molecular formula is C25H41N5O5S. The molecule has 0 fully saturated rings. The van der Waals surface area contributed by atoms with Crippen molar-refractivity contribution in [3.05, 3.63) is 35.9 Å². The molecule has 11 heteroatoms. The number of aliphatic carboxylic acids is 1. The van der Waals surface area contributed by atoms with E-state index in [0.717, 1.165) is 5.56 Å². The molecule has 4 unspecified atom stereocenters. The number of hydrogen-bond donors (Lipinski definition) is 6. The second-order valence-corrected chi connectivity index (χ2v) is 10.0. The monoisotopic (exact) mass is 523 g/mol. The number of thioether (sulfide) groups is 1. The van der Waals surface area contributed by atoms with E-state index in [2.05, 4.69) is 16.0 Å². The van der Waals surface area contributed by atoms with Crippen LogP contribution in [0.2, 0.25) is 0 Å². The summed E-state index contributed by atoms with van der Waals surface area (Å²) >= 11 is 1.57. The minimum atomic E-state index is -1.15. The maximum atomic E-state index is 13.3. The van der Waals surface area contributed by atoms with Crippen LogP contribution in [0.5, 0.6) is 0 Å². The molecule has 8 N–H and O–H groups in total. The third-order valence-corrected chi connectivity index (χ3v) is 6.34. The summed E-state index contributed by atoms with van der Waals surface area (Å²) < 4.78 is 0. The van der Waals surface area contributed by atoms with Crippen LogP contribution in [0.3, 0.4) is 0 Å². The van der Waals surface area contributed by atoms with E-state index in [1.165, 1.54) is 0 Å². The summed E-state index contributed by atoms with van der Waals surface area (Å²) in [7, 11) is 0. The molecule has 10 nitrogen and oxygen atoms in total. The van der Waals surface area contributed by atoms with Gasteiger partial charge in [0.25, 0.3) is 0 Å². The fourth-order valence-electron chi connectivity index (χ4n) is 3.52. The number of nitrogens with one attached hydrogen (secondary N) is 3. The summed E-state index contributed by atoms with van der Waals surface area (Å²) in [6.45, 7) is 3.80. The predicted molar refractivity (Wildman–Crippen MR) is 142 cm³/mol. The first-order chi connectivity index (χ1) is 17.1. The molecule has 1 aromatic carbocycles. The molecule has 0 spiro atoms. The van der Waals surface area contributed by atoms with E-state index in [0.29, 0.717) is 31.6 Å². The fourth-order valence-corrected chi connectivity index (χ4v) is 4.00. The zero-order valence-corrected chi connectivity index (χ0v) is 22.2. The van der Waals surface area contributed by atoms with Crippen molar-refractivity contribution < 1.29 is 24.3 Å². The number of amides is 3. The highest BCUT2D eigenvalue weighted by Gasteiger charge is 2.31. The Morgan fingerprint density at radius 2 is 1.53 bits per heavy atom. The summed E-state index contributed by atoms with van der Waals surface area (Å²) in [5, 5.41) is 17.4. The fraction of sp³-hybridized carbons (Fsp3) is 0.600.